The highest BCUT2D eigenvalue weighted by Gasteiger charge is 2.39. The summed E-state index contributed by atoms with van der Waals surface area (Å²) in [4.78, 5) is 35.1. The summed E-state index contributed by atoms with van der Waals surface area (Å²) >= 11 is 0. The lowest BCUT2D eigenvalue weighted by molar-refractivity contribution is -0.384. The van der Waals surface area contributed by atoms with Crippen LogP contribution in [-0.2, 0) is 4.79 Å². The van der Waals surface area contributed by atoms with Crippen LogP contribution in [0.4, 0.5) is 11.4 Å². The van der Waals surface area contributed by atoms with Crippen molar-refractivity contribution in [2.75, 3.05) is 5.73 Å². The van der Waals surface area contributed by atoms with Crippen molar-refractivity contribution < 1.29 is 19.6 Å². The molecule has 0 radical (unpaired) electrons. The van der Waals surface area contributed by atoms with Crippen molar-refractivity contribution in [3.63, 3.8) is 0 Å². The SMILES string of the molecule is CC(C(=O)O)N(C(=O)c1cc([N+](=O)[O-])ccc1N)C1CC1. The fourth-order valence-corrected chi connectivity index (χ4v) is 2.11. The van der Waals surface area contributed by atoms with Crippen LogP contribution in [0.1, 0.15) is 30.1 Å². The van der Waals surface area contributed by atoms with Crippen molar-refractivity contribution in [3.8, 4) is 0 Å². The Labute approximate surface area is 120 Å². The number of nitro groups is 1. The first-order chi connectivity index (χ1) is 9.82. The zero-order chi connectivity index (χ0) is 15.7. The molecule has 0 saturated heterocycles. The number of carboxylic acids is 1. The summed E-state index contributed by atoms with van der Waals surface area (Å²) in [5.74, 6) is -1.71. The third-order valence-corrected chi connectivity index (χ3v) is 3.43. The number of carbonyl (C=O) groups excluding carboxylic acids is 1. The summed E-state index contributed by atoms with van der Waals surface area (Å²) in [5.41, 5.74) is 5.50. The van der Waals surface area contributed by atoms with E-state index < -0.39 is 22.8 Å². The van der Waals surface area contributed by atoms with Crippen LogP contribution >= 0.6 is 0 Å². The fraction of sp³-hybridized carbons (Fsp3) is 0.385. The molecule has 0 aliphatic heterocycles. The quantitative estimate of drug-likeness (QED) is 0.478. The Bertz CT molecular complexity index is 612. The van der Waals surface area contributed by atoms with E-state index in [1.165, 1.54) is 24.0 Å². The number of amides is 1. The third-order valence-electron chi connectivity index (χ3n) is 3.43. The summed E-state index contributed by atoms with van der Waals surface area (Å²) in [5, 5.41) is 19.9. The van der Waals surface area contributed by atoms with Gasteiger partial charge in [0.05, 0.1) is 10.5 Å². The first kappa shape index (κ1) is 14.8. The van der Waals surface area contributed by atoms with E-state index in [1.54, 1.807) is 0 Å². The van der Waals surface area contributed by atoms with Crippen molar-refractivity contribution in [1.29, 1.82) is 0 Å². The van der Waals surface area contributed by atoms with Crippen molar-refractivity contribution >= 4 is 23.3 Å². The molecule has 0 bridgehead atoms. The highest BCUT2D eigenvalue weighted by Crippen LogP contribution is 2.32. The number of hydrogen-bond acceptors (Lipinski definition) is 5. The maximum atomic E-state index is 12.5. The molecule has 1 saturated carbocycles. The predicted octanol–water partition coefficient (Wildman–Crippen LogP) is 1.25. The molecule has 1 aliphatic carbocycles. The Morgan fingerprint density at radius 1 is 1.48 bits per heavy atom. The molecule has 8 nitrogen and oxygen atoms in total. The number of non-ortho nitro benzene ring substituents is 1. The number of aliphatic carboxylic acids is 1. The number of nitrogen functional groups attached to an aromatic ring is 1. The van der Waals surface area contributed by atoms with Gasteiger partial charge in [-0.3, -0.25) is 14.9 Å². The monoisotopic (exact) mass is 293 g/mol. The number of benzene rings is 1. The van der Waals surface area contributed by atoms with E-state index in [4.69, 9.17) is 10.8 Å². The molecule has 0 heterocycles. The lowest BCUT2D eigenvalue weighted by atomic mass is 10.1. The van der Waals surface area contributed by atoms with Gasteiger partial charge < -0.3 is 15.7 Å². The minimum absolute atomic E-state index is 0.0378. The zero-order valence-corrected chi connectivity index (χ0v) is 11.4. The van der Waals surface area contributed by atoms with Crippen LogP contribution < -0.4 is 5.73 Å². The summed E-state index contributed by atoms with van der Waals surface area (Å²) in [6.07, 6.45) is 1.44. The van der Waals surface area contributed by atoms with Gasteiger partial charge in [-0.15, -0.1) is 0 Å². The smallest absolute Gasteiger partial charge is 0.326 e. The minimum Gasteiger partial charge on any atom is -0.480 e. The molecule has 1 amide bonds. The number of rotatable bonds is 5. The van der Waals surface area contributed by atoms with Gasteiger partial charge in [-0.25, -0.2) is 4.79 Å². The third kappa shape index (κ3) is 2.93. The molecule has 0 spiro atoms. The standard InChI is InChI=1S/C13H15N3O5/c1-7(13(18)19)15(8-2-3-8)12(17)10-6-9(16(20)21)4-5-11(10)14/h4-8H,2-3,14H2,1H3,(H,18,19). The molecule has 1 atom stereocenters. The van der Waals surface area contributed by atoms with Gasteiger partial charge in [0.15, 0.2) is 0 Å². The van der Waals surface area contributed by atoms with Crippen LogP contribution in [0.25, 0.3) is 0 Å². The van der Waals surface area contributed by atoms with E-state index in [9.17, 15) is 19.7 Å². The van der Waals surface area contributed by atoms with Crippen LogP contribution in [0.15, 0.2) is 18.2 Å². The van der Waals surface area contributed by atoms with Crippen molar-refractivity contribution in [2.24, 2.45) is 0 Å². The van der Waals surface area contributed by atoms with Crippen LogP contribution in [-0.4, -0.2) is 38.9 Å². The number of carbonyl (C=O) groups is 2. The van der Waals surface area contributed by atoms with Crippen LogP contribution in [0.2, 0.25) is 0 Å². The number of anilines is 1. The highest BCUT2D eigenvalue weighted by atomic mass is 16.6. The number of hydrogen-bond donors (Lipinski definition) is 2. The van der Waals surface area contributed by atoms with Gasteiger partial charge in [0.2, 0.25) is 0 Å². The molecular formula is C13H15N3O5. The highest BCUT2D eigenvalue weighted by molar-refractivity contribution is 6.01. The largest absolute Gasteiger partial charge is 0.480 e. The Morgan fingerprint density at radius 3 is 2.57 bits per heavy atom. The molecule has 1 unspecified atom stereocenters. The van der Waals surface area contributed by atoms with E-state index in [0.29, 0.717) is 0 Å². The lowest BCUT2D eigenvalue weighted by Crippen LogP contribution is -2.44. The maximum Gasteiger partial charge on any atom is 0.326 e. The normalized spacial score (nSPS) is 15.3. The summed E-state index contributed by atoms with van der Waals surface area (Å²) < 4.78 is 0. The first-order valence-corrected chi connectivity index (χ1v) is 6.42. The Kier molecular flexibility index (Phi) is 3.79. The minimum atomic E-state index is -1.13. The average Bonchev–Trinajstić information content (AvgIpc) is 3.23. The molecular weight excluding hydrogens is 278 g/mol. The number of nitro benzene ring substituents is 1. The van der Waals surface area contributed by atoms with E-state index in [1.807, 2.05) is 0 Å². The lowest BCUT2D eigenvalue weighted by Gasteiger charge is -2.26. The van der Waals surface area contributed by atoms with Gasteiger partial charge in [0.1, 0.15) is 6.04 Å². The van der Waals surface area contributed by atoms with Crippen LogP contribution in [0, 0.1) is 10.1 Å². The Morgan fingerprint density at radius 2 is 2.10 bits per heavy atom. The molecule has 1 fully saturated rings. The second-order valence-corrected chi connectivity index (χ2v) is 4.99. The predicted molar refractivity (Wildman–Crippen MR) is 73.8 cm³/mol. The summed E-state index contributed by atoms with van der Waals surface area (Å²) in [7, 11) is 0. The number of nitrogens with zero attached hydrogens (tertiary/aromatic N) is 2. The number of nitrogens with two attached hydrogens (primary N) is 1. The molecule has 2 rings (SSSR count). The van der Waals surface area contributed by atoms with Crippen molar-refractivity contribution in [2.45, 2.75) is 31.8 Å². The van der Waals surface area contributed by atoms with E-state index in [2.05, 4.69) is 0 Å². The topological polar surface area (TPSA) is 127 Å². The van der Waals surface area contributed by atoms with Crippen LogP contribution in [0.3, 0.4) is 0 Å². The average molecular weight is 293 g/mol. The fourth-order valence-electron chi connectivity index (χ4n) is 2.11. The van der Waals surface area contributed by atoms with Gasteiger partial charge in [0, 0.05) is 23.9 Å². The zero-order valence-electron chi connectivity index (χ0n) is 11.4. The molecule has 1 aromatic carbocycles. The van der Waals surface area contributed by atoms with Gasteiger partial charge in [-0.1, -0.05) is 0 Å². The van der Waals surface area contributed by atoms with Crippen molar-refractivity contribution in [1.82, 2.24) is 4.90 Å². The van der Waals surface area contributed by atoms with Gasteiger partial charge in [-0.2, -0.15) is 0 Å². The molecule has 112 valence electrons. The maximum absolute atomic E-state index is 12.5. The molecule has 0 aromatic heterocycles. The van der Waals surface area contributed by atoms with Crippen molar-refractivity contribution in [3.05, 3.63) is 33.9 Å². The molecule has 21 heavy (non-hydrogen) atoms. The van der Waals surface area contributed by atoms with E-state index in [-0.39, 0.29) is 23.0 Å². The Hall–Kier alpha value is -2.64. The molecule has 8 heteroatoms. The second-order valence-electron chi connectivity index (χ2n) is 4.99. The van der Waals surface area contributed by atoms with E-state index in [0.717, 1.165) is 18.9 Å². The second kappa shape index (κ2) is 5.39. The molecule has 1 aliphatic rings. The van der Waals surface area contributed by atoms with Gasteiger partial charge in [0.25, 0.3) is 11.6 Å². The van der Waals surface area contributed by atoms with Gasteiger partial charge in [-0.05, 0) is 25.8 Å². The van der Waals surface area contributed by atoms with E-state index >= 15 is 0 Å². The van der Waals surface area contributed by atoms with Gasteiger partial charge >= 0.3 is 5.97 Å². The molecule has 1 aromatic rings. The van der Waals surface area contributed by atoms with Crippen LogP contribution in [0.5, 0.6) is 0 Å². The first-order valence-electron chi connectivity index (χ1n) is 6.42. The summed E-state index contributed by atoms with van der Waals surface area (Å²) in [6, 6.07) is 2.41. The molecule has 3 N–H and O–H groups in total. The Balaban J connectivity index is 2.39. The number of carboxylic acid groups (broad SMARTS) is 1. The summed E-state index contributed by atoms with van der Waals surface area (Å²) in [6.45, 7) is 1.41.